The molecule has 0 spiro atoms. The number of aliphatic hydroxyl groups excluding tert-OH is 2. The smallest absolute Gasteiger partial charge is 0.481 e. The van der Waals surface area contributed by atoms with Crippen LogP contribution in [0.3, 0.4) is 0 Å². The summed E-state index contributed by atoms with van der Waals surface area (Å²) in [6.07, 6.45) is -5.11. The van der Waals surface area contributed by atoms with E-state index < -0.39 is 127 Å². The molecule has 2 rings (SSSR count). The maximum atomic E-state index is 12.5. The molecule has 0 aliphatic carbocycles. The molecule has 0 saturated carbocycles. The quantitative estimate of drug-likeness (QED) is 0.0143. The SMILES string of the molecule is NC(CCCSSCCC(=O)NCC#Cc1cn(C2CC(O)C(COP(=O)(O)OP(=O)(O)OP(=O)(O)O)O2)c(=O)[nH]c1=O)C(=O)NCCCCCC(=O)NC(CC(=O)O)C(=O)NC(CC(=O)O)C(=O)O.NCC(O)F. The molecule has 0 bridgehead atoms. The Balaban J connectivity index is 0.00000535. The minimum Gasteiger partial charge on any atom is -0.481 e. The number of H-pyrrole nitrogens is 1. The number of nitrogens with two attached hydrogens (primary N) is 2. The number of hydrogen-bond donors (Lipinski definition) is 16. The van der Waals surface area contributed by atoms with Crippen molar-refractivity contribution < 1.29 is 115 Å². The summed E-state index contributed by atoms with van der Waals surface area (Å²) in [6, 6.07) is -4.28. The molecule has 1 saturated heterocycles. The number of aliphatic carboxylic acids is 3. The number of nitrogens with one attached hydrogen (secondary N) is 5. The van der Waals surface area contributed by atoms with E-state index in [2.05, 4.69) is 46.7 Å². The highest BCUT2D eigenvalue weighted by Gasteiger charge is 2.43. The minimum atomic E-state index is -5.80. The van der Waals surface area contributed by atoms with Crippen molar-refractivity contribution in [1.29, 1.82) is 0 Å². The number of halogens is 1. The van der Waals surface area contributed by atoms with Gasteiger partial charge >= 0.3 is 47.1 Å². The van der Waals surface area contributed by atoms with Gasteiger partial charge in [-0.3, -0.25) is 47.6 Å². The van der Waals surface area contributed by atoms with Crippen molar-refractivity contribution in [3.05, 3.63) is 32.6 Å². The first-order valence-corrected chi connectivity index (χ1v) is 28.6. The van der Waals surface area contributed by atoms with Gasteiger partial charge in [0.05, 0.1) is 38.1 Å². The van der Waals surface area contributed by atoms with E-state index in [9.17, 15) is 76.1 Å². The van der Waals surface area contributed by atoms with Crippen LogP contribution in [0.1, 0.15) is 76.0 Å². The van der Waals surface area contributed by atoms with Gasteiger partial charge in [0.25, 0.3) is 5.56 Å². The zero-order chi connectivity index (χ0) is 57.1. The summed E-state index contributed by atoms with van der Waals surface area (Å²) in [5.41, 5.74) is 8.38. The molecule has 1 fully saturated rings. The molecule has 39 heteroatoms. The first-order chi connectivity index (χ1) is 34.8. The minimum absolute atomic E-state index is 0.107. The fourth-order valence-corrected chi connectivity index (χ4v) is 10.8. The molecule has 9 atom stereocenters. The number of phosphoric acid groups is 3. The standard InChI is InChI=1S/C34H52N7O24P3S2.C2H6FNO/c35-20(31(50)37-10-3-1-2-8-26(44)38-21(14-28(45)46)32(51)39-22(33(52)53)15-29(47)48)7-5-12-69-70-13-9-25(43)36-11-4-6-19-17-41(34(54)40-30(19)49)27-16-23(42)24(63-27)18-62-67(58,59)65-68(60,61)64-66(55,56)57;3-2(5)1-4/h17,20-24,27,42H,1-3,5,7-16,18,35H2,(H,36,43)(H,37,50)(H,38,44)(H,39,51)(H,45,46)(H,47,48)(H,52,53)(H,58,59)(H,60,61)(H,40,49,54)(H2,55,56,57);2,5H,1,4H2. The summed E-state index contributed by atoms with van der Waals surface area (Å²) in [7, 11) is -14.1. The molecule has 2 heterocycles. The maximum absolute atomic E-state index is 12.5. The number of aromatic nitrogens is 2. The number of phosphoric ester groups is 1. The summed E-state index contributed by atoms with van der Waals surface area (Å²) in [5, 5.41) is 54.3. The number of carboxylic acids is 3. The van der Waals surface area contributed by atoms with Crippen LogP contribution in [0.15, 0.2) is 15.8 Å². The highest BCUT2D eigenvalue weighted by Crippen LogP contribution is 2.66. The molecule has 0 radical (unpaired) electrons. The van der Waals surface area contributed by atoms with Crippen molar-refractivity contribution >= 4 is 86.6 Å². The number of amides is 4. The zero-order valence-electron chi connectivity index (χ0n) is 39.1. The van der Waals surface area contributed by atoms with E-state index in [1.165, 1.54) is 21.6 Å². The van der Waals surface area contributed by atoms with E-state index in [0.717, 1.165) is 10.8 Å². The van der Waals surface area contributed by atoms with E-state index >= 15 is 0 Å². The number of hydrogen-bond acceptors (Lipinski definition) is 22. The largest absolute Gasteiger partial charge is 0.490 e. The van der Waals surface area contributed by atoms with Crippen LogP contribution in [0.2, 0.25) is 0 Å². The Hall–Kier alpha value is -4.63. The molecule has 1 aromatic heterocycles. The fourth-order valence-electron chi connectivity index (χ4n) is 5.64. The van der Waals surface area contributed by atoms with Gasteiger partial charge in [-0.2, -0.15) is 8.62 Å². The number of aliphatic hydroxyl groups is 2. The predicted octanol–water partition coefficient (Wildman–Crippen LogP) is -3.21. The van der Waals surface area contributed by atoms with Crippen molar-refractivity contribution in [2.45, 2.75) is 107 Å². The van der Waals surface area contributed by atoms with Crippen LogP contribution in [-0.2, 0) is 65.1 Å². The fraction of sp³-hybridized carbons (Fsp3) is 0.639. The number of carboxylic acid groups (broad SMARTS) is 3. The number of carbonyl (C=O) groups excluding carboxylic acids is 4. The Bertz CT molecular complexity index is 2440. The topological polar surface area (TPSA) is 545 Å². The third kappa shape index (κ3) is 30.6. The van der Waals surface area contributed by atoms with Gasteiger partial charge in [-0.1, -0.05) is 39.8 Å². The van der Waals surface area contributed by atoms with E-state index in [0.29, 0.717) is 43.6 Å². The Morgan fingerprint density at radius 2 is 1.49 bits per heavy atom. The summed E-state index contributed by atoms with van der Waals surface area (Å²) >= 11 is 0. The second-order valence-corrected chi connectivity index (χ2v) is 22.4. The van der Waals surface area contributed by atoms with Crippen molar-refractivity contribution in [3.63, 3.8) is 0 Å². The Kier molecular flexibility index (Phi) is 31.2. The monoisotopic (exact) mass is 1180 g/mol. The molecule has 1 aromatic rings. The van der Waals surface area contributed by atoms with Gasteiger partial charge in [0, 0.05) is 50.1 Å². The lowest BCUT2D eigenvalue weighted by Crippen LogP contribution is -2.52. The normalized spacial score (nSPS) is 18.4. The van der Waals surface area contributed by atoms with Crippen molar-refractivity contribution in [2.75, 3.05) is 37.7 Å². The van der Waals surface area contributed by atoms with E-state index in [1.54, 1.807) is 0 Å². The third-order valence-corrected chi connectivity index (χ3v) is 15.4. The van der Waals surface area contributed by atoms with Crippen molar-refractivity contribution in [3.8, 4) is 11.8 Å². The summed E-state index contributed by atoms with van der Waals surface area (Å²) in [4.78, 5) is 146. The predicted molar refractivity (Wildman–Crippen MR) is 256 cm³/mol. The van der Waals surface area contributed by atoms with Gasteiger partial charge in [-0.15, -0.1) is 0 Å². The summed E-state index contributed by atoms with van der Waals surface area (Å²) in [6.45, 7) is -1.25. The van der Waals surface area contributed by atoms with Crippen LogP contribution in [0.5, 0.6) is 0 Å². The molecule has 18 N–H and O–H groups in total. The number of alkyl halides is 1. The lowest BCUT2D eigenvalue weighted by Gasteiger charge is -2.19. The Morgan fingerprint density at radius 3 is 2.09 bits per heavy atom. The van der Waals surface area contributed by atoms with Crippen LogP contribution >= 0.6 is 45.1 Å². The second-order valence-electron chi connectivity index (χ2n) is 15.2. The van der Waals surface area contributed by atoms with Crippen LogP contribution in [0.4, 0.5) is 4.39 Å². The first-order valence-electron chi connectivity index (χ1n) is 21.6. The number of ether oxygens (including phenoxy) is 1. The molecule has 33 nitrogen and oxygen atoms in total. The van der Waals surface area contributed by atoms with Crippen molar-refractivity contribution in [1.82, 2.24) is 30.8 Å². The van der Waals surface area contributed by atoms with Gasteiger partial charge in [-0.25, -0.2) is 27.7 Å². The van der Waals surface area contributed by atoms with Gasteiger partial charge in [0.2, 0.25) is 30.0 Å². The van der Waals surface area contributed by atoms with Gasteiger partial charge in [0.1, 0.15) is 30.0 Å². The molecule has 4 amide bonds. The molecule has 426 valence electrons. The molecule has 0 aromatic carbocycles. The Labute approximate surface area is 431 Å². The highest BCUT2D eigenvalue weighted by molar-refractivity contribution is 8.76. The molecule has 75 heavy (non-hydrogen) atoms. The van der Waals surface area contributed by atoms with Crippen LogP contribution < -0.4 is 44.0 Å². The van der Waals surface area contributed by atoms with E-state index in [4.69, 9.17) is 40.7 Å². The van der Waals surface area contributed by atoms with Gasteiger partial charge in [-0.05, 0) is 25.7 Å². The third-order valence-electron chi connectivity index (χ3n) is 9.07. The molecule has 1 aliphatic heterocycles. The van der Waals surface area contributed by atoms with Crippen molar-refractivity contribution in [2.24, 2.45) is 11.5 Å². The van der Waals surface area contributed by atoms with Crippen LogP contribution in [-0.4, -0.2) is 171 Å². The number of aromatic amines is 1. The molecular weight excluding hydrogens is 1120 g/mol. The van der Waals surface area contributed by atoms with Gasteiger partial charge < -0.3 is 82.6 Å². The Morgan fingerprint density at radius 1 is 0.867 bits per heavy atom. The van der Waals surface area contributed by atoms with E-state index in [1.807, 2.05) is 10.3 Å². The average molecular weight is 1180 g/mol. The molecule has 1 aliphatic rings. The van der Waals surface area contributed by atoms with Crippen LogP contribution in [0.25, 0.3) is 0 Å². The maximum Gasteiger partial charge on any atom is 0.490 e. The van der Waals surface area contributed by atoms with E-state index in [-0.39, 0.29) is 56.3 Å². The number of carbonyl (C=O) groups is 7. The first kappa shape index (κ1) is 68.4. The summed E-state index contributed by atoms with van der Waals surface area (Å²) in [5.74, 6) is -1.20. The second kappa shape index (κ2) is 34.2. The number of rotatable bonds is 33. The highest BCUT2D eigenvalue weighted by atomic mass is 33.1. The van der Waals surface area contributed by atoms with Crippen LogP contribution in [0, 0.1) is 11.8 Å². The molecule has 9 unspecified atom stereocenters. The number of unbranched alkanes of at least 4 members (excludes halogenated alkanes) is 2. The lowest BCUT2D eigenvalue weighted by atomic mass is 10.1. The lowest BCUT2D eigenvalue weighted by molar-refractivity contribution is -0.148. The zero-order valence-corrected chi connectivity index (χ0v) is 43.4. The molecular formula is C36H58FN8O25P3S2. The number of nitrogens with zero attached hydrogens (tertiary/aromatic N) is 1. The van der Waals surface area contributed by atoms with Gasteiger partial charge in [0.15, 0.2) is 0 Å². The summed E-state index contributed by atoms with van der Waals surface area (Å²) < 4.78 is 63.2. The average Bonchev–Trinajstić information content (AvgIpc) is 3.65.